The molecule has 0 unspecified atom stereocenters. The Labute approximate surface area is 264 Å². The molecule has 2 rings (SSSR count). The Hall–Kier alpha value is 0.611. The molecule has 0 aliphatic heterocycles. The van der Waals surface area contributed by atoms with E-state index in [9.17, 15) is 9.59 Å². The van der Waals surface area contributed by atoms with Crippen LogP contribution in [0.5, 0.6) is 0 Å². The first-order valence-electron chi connectivity index (χ1n) is 9.69. The molecule has 2 aromatic carbocycles. The Morgan fingerprint density at radius 3 is 1.76 bits per heavy atom. The number of rotatable bonds is 10. The zero-order valence-corrected chi connectivity index (χ0v) is 26.5. The van der Waals surface area contributed by atoms with Crippen molar-refractivity contribution in [1.29, 1.82) is 0 Å². The first-order valence-corrected chi connectivity index (χ1v) is 11.7. The van der Waals surface area contributed by atoms with E-state index < -0.39 is 5.24 Å². The minimum atomic E-state index is -0.461. The summed E-state index contributed by atoms with van der Waals surface area (Å²) in [7, 11) is 2.96. The van der Waals surface area contributed by atoms with Gasteiger partial charge in [-0.3, -0.25) is 9.59 Å². The third-order valence-electron chi connectivity index (χ3n) is 3.70. The van der Waals surface area contributed by atoms with E-state index in [1.165, 1.54) is 18.2 Å². The largest absolute Gasteiger partial charge is 1.00 e. The number of aryl methyl sites for hydroxylation is 1. The van der Waals surface area contributed by atoms with Crippen LogP contribution in [0.3, 0.4) is 0 Å². The number of Topliss-reactive ketones (excluding diaryl/α,β-unsaturated/α-hetero) is 1. The van der Waals surface area contributed by atoms with Crippen LogP contribution in [0.25, 0.3) is 0 Å². The molecule has 33 heavy (non-hydrogen) atoms. The second-order valence-electron chi connectivity index (χ2n) is 6.41. The van der Waals surface area contributed by atoms with E-state index in [1.807, 2.05) is 24.3 Å². The van der Waals surface area contributed by atoms with Crippen LogP contribution in [0.1, 0.15) is 24.0 Å². The van der Waals surface area contributed by atoms with Crippen LogP contribution in [-0.2, 0) is 31.9 Å². The van der Waals surface area contributed by atoms with Crippen molar-refractivity contribution in [2.24, 2.45) is 5.73 Å². The summed E-state index contributed by atoms with van der Waals surface area (Å²) in [5.74, 6) is 0.174. The number of carbonyl (C=O) groups excluding carboxylic acids is 2. The molecular weight excluding hydrogens is 599 g/mol. The molecule has 2 aromatic rings. The van der Waals surface area contributed by atoms with Crippen molar-refractivity contribution in [2.75, 3.05) is 34.0 Å². The molecular formula is C23H30BBr2ClKNO4. The zero-order chi connectivity index (χ0) is 23.5. The maximum absolute atomic E-state index is 11.2. The molecule has 0 atom stereocenters. The van der Waals surface area contributed by atoms with Gasteiger partial charge in [0, 0.05) is 29.6 Å². The van der Waals surface area contributed by atoms with Gasteiger partial charge < -0.3 is 23.6 Å². The number of hydrogen-bond acceptors (Lipinski definition) is 5. The topological polar surface area (TPSA) is 78.6 Å². The summed E-state index contributed by atoms with van der Waals surface area (Å²) in [6.07, 6.45) is 3.38. The Kier molecular flexibility index (Phi) is 29.7. The number of benzene rings is 2. The molecule has 0 fully saturated rings. The number of carbonyl (C=O) groups is 2. The van der Waals surface area contributed by atoms with Crippen molar-refractivity contribution >= 4 is 62.9 Å². The summed E-state index contributed by atoms with van der Waals surface area (Å²) >= 11 is 11.6. The maximum atomic E-state index is 11.2. The summed E-state index contributed by atoms with van der Waals surface area (Å²) < 4.78 is 11.3. The van der Waals surface area contributed by atoms with E-state index in [2.05, 4.69) is 60.9 Å². The SMILES string of the molecule is COCC(=O)CCCc1cccc(Br)c1.COCC(=O)Cl.NCCc1cccc(Br)c1.[B-].[K+]. The summed E-state index contributed by atoms with van der Waals surface area (Å²) in [5, 5.41) is -0.461. The number of halogens is 3. The third kappa shape index (κ3) is 24.1. The van der Waals surface area contributed by atoms with Crippen LogP contribution < -0.4 is 57.1 Å². The molecule has 2 N–H and O–H groups in total. The summed E-state index contributed by atoms with van der Waals surface area (Å²) in [5.41, 5.74) is 7.94. The van der Waals surface area contributed by atoms with Gasteiger partial charge in [0.15, 0.2) is 5.78 Å². The maximum Gasteiger partial charge on any atom is 1.00 e. The van der Waals surface area contributed by atoms with Gasteiger partial charge in [0.25, 0.3) is 0 Å². The predicted molar refractivity (Wildman–Crippen MR) is 139 cm³/mol. The number of methoxy groups -OCH3 is 2. The average Bonchev–Trinajstić information content (AvgIpc) is 2.69. The molecule has 0 spiro atoms. The minimum Gasteiger partial charge on any atom is -1.00 e. The zero-order valence-electron chi connectivity index (χ0n) is 19.5. The quantitative estimate of drug-likeness (QED) is 0.322. The molecule has 4 radical (unpaired) electrons. The van der Waals surface area contributed by atoms with E-state index in [1.54, 1.807) is 7.11 Å². The van der Waals surface area contributed by atoms with Crippen molar-refractivity contribution in [1.82, 2.24) is 0 Å². The third-order valence-corrected chi connectivity index (χ3v) is 4.79. The fourth-order valence-electron chi connectivity index (χ4n) is 2.39. The molecule has 0 amide bonds. The van der Waals surface area contributed by atoms with Gasteiger partial charge in [-0.2, -0.15) is 0 Å². The van der Waals surface area contributed by atoms with E-state index in [0.717, 1.165) is 34.8 Å². The molecule has 0 aliphatic rings. The van der Waals surface area contributed by atoms with Crippen LogP contribution in [0.15, 0.2) is 57.5 Å². The number of nitrogens with two attached hydrogens (primary N) is 1. The fourth-order valence-corrected chi connectivity index (χ4v) is 3.39. The van der Waals surface area contributed by atoms with E-state index >= 15 is 0 Å². The van der Waals surface area contributed by atoms with Crippen molar-refractivity contribution in [3.8, 4) is 0 Å². The van der Waals surface area contributed by atoms with Gasteiger partial charge in [-0.15, -0.1) is 0 Å². The van der Waals surface area contributed by atoms with E-state index in [-0.39, 0.29) is 78.8 Å². The van der Waals surface area contributed by atoms with Crippen LogP contribution in [0, 0.1) is 0 Å². The molecule has 0 bridgehead atoms. The van der Waals surface area contributed by atoms with Crippen molar-refractivity contribution in [3.05, 3.63) is 68.6 Å². The molecule has 0 heterocycles. The Balaban J connectivity index is -0.000000436. The summed E-state index contributed by atoms with van der Waals surface area (Å²) in [6, 6.07) is 16.4. The summed E-state index contributed by atoms with van der Waals surface area (Å²) in [4.78, 5) is 20.9. The van der Waals surface area contributed by atoms with Crippen molar-refractivity contribution in [3.63, 3.8) is 0 Å². The van der Waals surface area contributed by atoms with Crippen molar-refractivity contribution < 1.29 is 70.4 Å². The van der Waals surface area contributed by atoms with Gasteiger partial charge in [-0.1, -0.05) is 56.1 Å². The predicted octanol–water partition coefficient (Wildman–Crippen LogP) is 1.96. The number of ether oxygens (including phenoxy) is 2. The van der Waals surface area contributed by atoms with Gasteiger partial charge in [0.1, 0.15) is 13.2 Å². The molecule has 0 aliphatic carbocycles. The molecule has 5 nitrogen and oxygen atoms in total. The van der Waals surface area contributed by atoms with Gasteiger partial charge >= 0.3 is 51.4 Å². The first-order chi connectivity index (χ1) is 14.8. The normalized spacial score (nSPS) is 9.15. The minimum absolute atomic E-state index is 0. The molecule has 0 aromatic heterocycles. The molecule has 0 saturated carbocycles. The van der Waals surface area contributed by atoms with Crippen LogP contribution in [-0.4, -0.2) is 53.4 Å². The van der Waals surface area contributed by atoms with Crippen LogP contribution >= 0.6 is 43.5 Å². The monoisotopic (exact) mass is 627 g/mol. The molecule has 176 valence electrons. The van der Waals surface area contributed by atoms with Gasteiger partial charge in [-0.25, -0.2) is 0 Å². The van der Waals surface area contributed by atoms with Gasteiger partial charge in [0.05, 0.1) is 0 Å². The van der Waals surface area contributed by atoms with Gasteiger partial charge in [0.2, 0.25) is 5.24 Å². The Morgan fingerprint density at radius 1 is 0.909 bits per heavy atom. The van der Waals surface area contributed by atoms with Crippen LogP contribution in [0.4, 0.5) is 0 Å². The van der Waals surface area contributed by atoms with E-state index in [0.29, 0.717) is 6.42 Å². The Bertz CT molecular complexity index is 788. The van der Waals surface area contributed by atoms with Crippen molar-refractivity contribution in [2.45, 2.75) is 25.7 Å². The number of ketones is 1. The number of hydrogen-bond donors (Lipinski definition) is 1. The van der Waals surface area contributed by atoms with Gasteiger partial charge in [-0.05, 0) is 72.8 Å². The standard InChI is InChI=1S/C12H15BrO2.C8H10BrN.C3H5ClO2.B.K/c1-15-9-12(14)7-3-5-10-4-2-6-11(13)8-10;9-8-3-1-2-7(6-8)4-5-10;1-6-2-3(4)5;;/h2,4,6,8H,3,5,7,9H2,1H3;1-3,6H,4-5,10H2;2H2,1H3;;/q;;;-1;+1. The van der Waals surface area contributed by atoms with E-state index in [4.69, 9.17) is 22.1 Å². The fraction of sp³-hybridized carbons (Fsp3) is 0.391. The first kappa shape index (κ1) is 38.1. The summed E-state index contributed by atoms with van der Waals surface area (Å²) in [6.45, 7) is 0.955. The smallest absolute Gasteiger partial charge is 1.00 e. The molecule has 0 saturated heterocycles. The second-order valence-corrected chi connectivity index (χ2v) is 8.66. The Morgan fingerprint density at radius 2 is 1.39 bits per heavy atom. The average molecular weight is 630 g/mol. The second kappa shape index (κ2) is 25.7. The van der Waals surface area contributed by atoms with Crippen LogP contribution in [0.2, 0.25) is 0 Å². The molecule has 10 heteroatoms.